The predicted molar refractivity (Wildman–Crippen MR) is 97.3 cm³/mol. The zero-order valence-electron chi connectivity index (χ0n) is 14.0. The molecule has 0 heterocycles. The average Bonchev–Trinajstić information content (AvgIpc) is 2.56. The minimum Gasteiger partial charge on any atom is -0.494 e. The molecule has 3 N–H and O–H groups in total. The number of carbonyl (C=O) groups excluding carboxylic acids is 1. The van der Waals surface area contributed by atoms with E-state index in [0.717, 1.165) is 17.7 Å². The van der Waals surface area contributed by atoms with Crippen molar-refractivity contribution in [1.29, 1.82) is 0 Å². The van der Waals surface area contributed by atoms with Crippen LogP contribution in [-0.4, -0.2) is 18.7 Å². The van der Waals surface area contributed by atoms with Crippen LogP contribution in [0.4, 0.5) is 5.69 Å². The molecule has 5 nitrogen and oxygen atoms in total. The summed E-state index contributed by atoms with van der Waals surface area (Å²) in [6.45, 7) is 5.05. The minimum absolute atomic E-state index is 0.278. The van der Waals surface area contributed by atoms with Gasteiger partial charge in [-0.3, -0.25) is 4.79 Å². The van der Waals surface area contributed by atoms with Gasteiger partial charge in [0.05, 0.1) is 12.8 Å². The summed E-state index contributed by atoms with van der Waals surface area (Å²) in [5.74, 6) is 1.18. The van der Waals surface area contributed by atoms with E-state index in [4.69, 9.17) is 10.5 Å². The molecule has 0 bridgehead atoms. The van der Waals surface area contributed by atoms with Crippen molar-refractivity contribution >= 4 is 17.8 Å². The summed E-state index contributed by atoms with van der Waals surface area (Å²) < 4.78 is 5.66. The molecule has 0 saturated carbocycles. The Hall–Kier alpha value is -2.82. The van der Waals surface area contributed by atoms with Crippen LogP contribution in [0.15, 0.2) is 53.6 Å². The van der Waals surface area contributed by atoms with Crippen LogP contribution < -0.4 is 15.9 Å². The van der Waals surface area contributed by atoms with E-state index in [9.17, 15) is 4.79 Å². The van der Waals surface area contributed by atoms with Gasteiger partial charge in [0.25, 0.3) is 5.91 Å². The first-order valence-corrected chi connectivity index (χ1v) is 7.96. The third kappa shape index (κ3) is 5.76. The van der Waals surface area contributed by atoms with E-state index in [1.54, 1.807) is 30.5 Å². The fraction of sp³-hybridized carbons (Fsp3) is 0.263. The molecule has 0 aromatic heterocycles. The molecule has 1 amide bonds. The maximum Gasteiger partial charge on any atom is 0.271 e. The predicted octanol–water partition coefficient (Wildman–Crippen LogP) is 3.46. The summed E-state index contributed by atoms with van der Waals surface area (Å²) in [5.41, 5.74) is 10.1. The first-order chi connectivity index (χ1) is 11.5. The number of amides is 1. The molecule has 2 aromatic rings. The molecule has 0 radical (unpaired) electrons. The summed E-state index contributed by atoms with van der Waals surface area (Å²) in [5, 5.41) is 3.96. The van der Waals surface area contributed by atoms with Crippen LogP contribution in [0.3, 0.4) is 0 Å². The van der Waals surface area contributed by atoms with Crippen LogP contribution in [0, 0.1) is 5.92 Å². The fourth-order valence-corrected chi connectivity index (χ4v) is 1.93. The molecule has 0 atom stereocenters. The van der Waals surface area contributed by atoms with E-state index in [2.05, 4.69) is 24.4 Å². The van der Waals surface area contributed by atoms with Crippen LogP contribution in [0.5, 0.6) is 5.75 Å². The van der Waals surface area contributed by atoms with Crippen molar-refractivity contribution in [2.45, 2.75) is 20.3 Å². The van der Waals surface area contributed by atoms with Crippen molar-refractivity contribution in [1.82, 2.24) is 5.43 Å². The molecule has 0 fully saturated rings. The van der Waals surface area contributed by atoms with Gasteiger partial charge in [-0.15, -0.1) is 0 Å². The van der Waals surface area contributed by atoms with Crippen molar-refractivity contribution in [3.63, 3.8) is 0 Å². The molecule has 0 aliphatic rings. The third-order valence-corrected chi connectivity index (χ3v) is 3.40. The fourth-order valence-electron chi connectivity index (χ4n) is 1.93. The highest BCUT2D eigenvalue weighted by Crippen LogP contribution is 2.12. The first-order valence-electron chi connectivity index (χ1n) is 7.96. The number of nitrogens with two attached hydrogens (primary N) is 1. The molecule has 2 rings (SSSR count). The second-order valence-corrected chi connectivity index (χ2v) is 5.92. The number of hydrogen-bond donors (Lipinski definition) is 2. The third-order valence-electron chi connectivity index (χ3n) is 3.40. The highest BCUT2D eigenvalue weighted by Gasteiger charge is 2.02. The van der Waals surface area contributed by atoms with Gasteiger partial charge >= 0.3 is 0 Å². The first kappa shape index (κ1) is 17.5. The topological polar surface area (TPSA) is 76.7 Å². The zero-order chi connectivity index (χ0) is 17.4. The smallest absolute Gasteiger partial charge is 0.271 e. The highest BCUT2D eigenvalue weighted by atomic mass is 16.5. The Morgan fingerprint density at radius 1 is 1.17 bits per heavy atom. The average molecular weight is 325 g/mol. The van der Waals surface area contributed by atoms with Crippen molar-refractivity contribution < 1.29 is 9.53 Å². The second-order valence-electron chi connectivity index (χ2n) is 5.92. The highest BCUT2D eigenvalue weighted by molar-refractivity contribution is 5.95. The van der Waals surface area contributed by atoms with Gasteiger partial charge in [-0.2, -0.15) is 5.10 Å². The van der Waals surface area contributed by atoms with E-state index in [0.29, 0.717) is 23.8 Å². The quantitative estimate of drug-likeness (QED) is 0.465. The van der Waals surface area contributed by atoms with E-state index in [1.807, 2.05) is 24.3 Å². The Morgan fingerprint density at radius 2 is 1.83 bits per heavy atom. The number of ether oxygens (including phenoxy) is 1. The molecule has 24 heavy (non-hydrogen) atoms. The van der Waals surface area contributed by atoms with Crippen molar-refractivity contribution in [2.75, 3.05) is 12.3 Å². The standard InChI is InChI=1S/C19H23N3O2/c1-14(2)11-12-24-18-9-3-15(4-10-18)13-21-22-19(23)16-5-7-17(20)8-6-16/h3-10,13-14H,11-12,20H2,1-2H3,(H,22,23)/b21-13-. The number of carbonyl (C=O) groups is 1. The SMILES string of the molecule is CC(C)CCOc1ccc(/C=N\NC(=O)c2ccc(N)cc2)cc1. The van der Waals surface area contributed by atoms with Gasteiger partial charge in [0.2, 0.25) is 0 Å². The Bertz CT molecular complexity index is 677. The Morgan fingerprint density at radius 3 is 2.46 bits per heavy atom. The van der Waals surface area contributed by atoms with E-state index < -0.39 is 0 Å². The minimum atomic E-state index is -0.278. The lowest BCUT2D eigenvalue weighted by atomic mass is 10.1. The number of benzene rings is 2. The van der Waals surface area contributed by atoms with Crippen molar-refractivity contribution in [3.8, 4) is 5.75 Å². The van der Waals surface area contributed by atoms with Gasteiger partial charge < -0.3 is 10.5 Å². The van der Waals surface area contributed by atoms with Crippen LogP contribution >= 0.6 is 0 Å². The molecule has 0 unspecified atom stereocenters. The van der Waals surface area contributed by atoms with Gasteiger partial charge in [0.1, 0.15) is 5.75 Å². The lowest BCUT2D eigenvalue weighted by molar-refractivity contribution is 0.0955. The van der Waals surface area contributed by atoms with Crippen LogP contribution in [-0.2, 0) is 0 Å². The molecule has 2 aromatic carbocycles. The lowest BCUT2D eigenvalue weighted by Crippen LogP contribution is -2.17. The molecule has 0 aliphatic carbocycles. The van der Waals surface area contributed by atoms with E-state index in [-0.39, 0.29) is 5.91 Å². The van der Waals surface area contributed by atoms with Gasteiger partial charge in [-0.25, -0.2) is 5.43 Å². The Kier molecular flexibility index (Phi) is 6.37. The number of nitrogens with one attached hydrogen (secondary N) is 1. The summed E-state index contributed by atoms with van der Waals surface area (Å²) in [7, 11) is 0. The molecule has 5 heteroatoms. The molecule has 0 spiro atoms. The summed E-state index contributed by atoms with van der Waals surface area (Å²) in [6, 6.07) is 14.2. The van der Waals surface area contributed by atoms with Crippen LogP contribution in [0.25, 0.3) is 0 Å². The Balaban J connectivity index is 1.83. The van der Waals surface area contributed by atoms with E-state index >= 15 is 0 Å². The Labute approximate surface area is 142 Å². The van der Waals surface area contributed by atoms with Gasteiger partial charge in [-0.1, -0.05) is 13.8 Å². The second kappa shape index (κ2) is 8.72. The lowest BCUT2D eigenvalue weighted by Gasteiger charge is -2.07. The number of hydrazone groups is 1. The normalized spacial score (nSPS) is 11.0. The van der Waals surface area contributed by atoms with Gasteiger partial charge in [0, 0.05) is 11.3 Å². The number of anilines is 1. The van der Waals surface area contributed by atoms with Crippen LogP contribution in [0.2, 0.25) is 0 Å². The summed E-state index contributed by atoms with van der Waals surface area (Å²) in [6.07, 6.45) is 2.62. The molecule has 0 saturated heterocycles. The molecule has 126 valence electrons. The van der Waals surface area contributed by atoms with Crippen molar-refractivity contribution in [3.05, 3.63) is 59.7 Å². The largest absolute Gasteiger partial charge is 0.494 e. The van der Waals surface area contributed by atoms with E-state index in [1.165, 1.54) is 0 Å². The number of nitrogen functional groups attached to an aromatic ring is 1. The maximum absolute atomic E-state index is 11.9. The number of rotatable bonds is 7. The molecule has 0 aliphatic heterocycles. The zero-order valence-corrected chi connectivity index (χ0v) is 14.0. The molecular weight excluding hydrogens is 302 g/mol. The van der Waals surface area contributed by atoms with Crippen molar-refractivity contribution in [2.24, 2.45) is 11.0 Å². The summed E-state index contributed by atoms with van der Waals surface area (Å²) in [4.78, 5) is 11.9. The molecular formula is C19H23N3O2. The van der Waals surface area contributed by atoms with Crippen LogP contribution in [0.1, 0.15) is 36.2 Å². The number of nitrogens with zero attached hydrogens (tertiary/aromatic N) is 1. The monoisotopic (exact) mass is 325 g/mol. The van der Waals surface area contributed by atoms with Gasteiger partial charge in [-0.05, 0) is 66.4 Å². The number of hydrogen-bond acceptors (Lipinski definition) is 4. The van der Waals surface area contributed by atoms with Gasteiger partial charge in [0.15, 0.2) is 0 Å². The summed E-state index contributed by atoms with van der Waals surface area (Å²) >= 11 is 0. The maximum atomic E-state index is 11.9.